The molecular formula is C28H29FN4O2. The molecule has 35 heavy (non-hydrogen) atoms. The molecule has 4 aliphatic rings. The summed E-state index contributed by atoms with van der Waals surface area (Å²) >= 11 is 0. The van der Waals surface area contributed by atoms with Gasteiger partial charge in [-0.1, -0.05) is 12.1 Å². The van der Waals surface area contributed by atoms with Gasteiger partial charge in [0.05, 0.1) is 30.2 Å². The van der Waals surface area contributed by atoms with Crippen LogP contribution in [0.4, 0.5) is 4.39 Å². The zero-order valence-electron chi connectivity index (χ0n) is 19.8. The van der Waals surface area contributed by atoms with E-state index in [0.29, 0.717) is 25.3 Å². The second-order valence-electron chi connectivity index (χ2n) is 10.5. The van der Waals surface area contributed by atoms with Crippen LogP contribution in [0.2, 0.25) is 0 Å². The highest BCUT2D eigenvalue weighted by molar-refractivity contribution is 6.01. The first-order valence-electron chi connectivity index (χ1n) is 12.7. The van der Waals surface area contributed by atoms with E-state index in [-0.39, 0.29) is 17.3 Å². The second kappa shape index (κ2) is 8.00. The van der Waals surface area contributed by atoms with Gasteiger partial charge >= 0.3 is 0 Å². The predicted octanol–water partition coefficient (Wildman–Crippen LogP) is 4.02. The van der Waals surface area contributed by atoms with Crippen molar-refractivity contribution < 1.29 is 13.9 Å². The number of carbonyl (C=O) groups excluding carboxylic acids is 1. The molecule has 0 bridgehead atoms. The van der Waals surface area contributed by atoms with Crippen LogP contribution >= 0.6 is 0 Å². The number of nitrogens with one attached hydrogen (secondary N) is 2. The Balaban J connectivity index is 1.21. The lowest BCUT2D eigenvalue weighted by Crippen LogP contribution is -2.57. The molecule has 1 spiro atoms. The number of hydrogen-bond donors (Lipinski definition) is 2. The van der Waals surface area contributed by atoms with Crippen LogP contribution in [0.15, 0.2) is 30.5 Å². The minimum atomic E-state index is -0.202. The second-order valence-corrected chi connectivity index (χ2v) is 10.5. The van der Waals surface area contributed by atoms with Crippen LogP contribution < -0.4 is 5.32 Å². The summed E-state index contributed by atoms with van der Waals surface area (Å²) in [5.41, 5.74) is 8.49. The first-order valence-corrected chi connectivity index (χ1v) is 12.7. The molecule has 180 valence electrons. The van der Waals surface area contributed by atoms with Gasteiger partial charge in [0.2, 0.25) is 0 Å². The number of H-pyrrole nitrogens is 1. The Morgan fingerprint density at radius 3 is 2.77 bits per heavy atom. The summed E-state index contributed by atoms with van der Waals surface area (Å²) in [5, 5.41) is 3.30. The van der Waals surface area contributed by atoms with Gasteiger partial charge in [0, 0.05) is 60.2 Å². The molecule has 2 N–H and O–H groups in total. The largest absolute Gasteiger partial charge is 0.379 e. The Bertz CT molecular complexity index is 1340. The maximum absolute atomic E-state index is 15.0. The first-order chi connectivity index (χ1) is 17.1. The lowest BCUT2D eigenvalue weighted by atomic mass is 9.71. The van der Waals surface area contributed by atoms with Crippen molar-refractivity contribution in [2.24, 2.45) is 0 Å². The van der Waals surface area contributed by atoms with Crippen molar-refractivity contribution in [1.82, 2.24) is 20.2 Å². The van der Waals surface area contributed by atoms with Crippen molar-refractivity contribution >= 4 is 5.91 Å². The average Bonchev–Trinajstić information content (AvgIpc) is 3.24. The van der Waals surface area contributed by atoms with Crippen LogP contribution in [0.25, 0.3) is 22.5 Å². The normalized spacial score (nSPS) is 20.5. The molecule has 1 saturated carbocycles. The molecule has 4 heterocycles. The monoisotopic (exact) mass is 472 g/mol. The maximum Gasteiger partial charge on any atom is 0.253 e. The number of morpholine rings is 1. The summed E-state index contributed by atoms with van der Waals surface area (Å²) in [4.78, 5) is 23.6. The van der Waals surface area contributed by atoms with Gasteiger partial charge in [-0.25, -0.2) is 4.39 Å². The summed E-state index contributed by atoms with van der Waals surface area (Å²) in [7, 11) is 0. The highest BCUT2D eigenvalue weighted by atomic mass is 19.1. The third-order valence-electron chi connectivity index (χ3n) is 8.36. The van der Waals surface area contributed by atoms with Crippen LogP contribution in [0, 0.1) is 5.82 Å². The fraction of sp³-hybridized carbons (Fsp3) is 0.429. The number of pyridine rings is 1. The van der Waals surface area contributed by atoms with Crippen molar-refractivity contribution in [3.63, 3.8) is 0 Å². The molecule has 6 nitrogen and oxygen atoms in total. The molecule has 7 heteroatoms. The fourth-order valence-electron chi connectivity index (χ4n) is 6.24. The number of fused-ring (bicyclic) bond motifs is 5. The molecule has 2 aromatic heterocycles. The molecule has 3 aromatic rings. The topological polar surface area (TPSA) is 70.2 Å². The zero-order valence-corrected chi connectivity index (χ0v) is 19.8. The number of hydrogen-bond acceptors (Lipinski definition) is 4. The number of carbonyl (C=O) groups is 1. The van der Waals surface area contributed by atoms with E-state index in [1.807, 2.05) is 18.3 Å². The van der Waals surface area contributed by atoms with Gasteiger partial charge in [-0.3, -0.25) is 14.7 Å². The van der Waals surface area contributed by atoms with Crippen molar-refractivity contribution in [2.45, 2.75) is 50.6 Å². The summed E-state index contributed by atoms with van der Waals surface area (Å²) in [6, 6.07) is 7.50. The number of rotatable bonds is 3. The van der Waals surface area contributed by atoms with Crippen LogP contribution in [0.1, 0.15) is 52.0 Å². The summed E-state index contributed by atoms with van der Waals surface area (Å²) < 4.78 is 20.4. The minimum Gasteiger partial charge on any atom is -0.379 e. The third kappa shape index (κ3) is 3.52. The molecule has 1 amide bonds. The van der Waals surface area contributed by atoms with Gasteiger partial charge in [0.25, 0.3) is 5.91 Å². The number of aryl methyl sites for hydroxylation is 1. The molecule has 2 aliphatic heterocycles. The zero-order chi connectivity index (χ0) is 23.6. The summed E-state index contributed by atoms with van der Waals surface area (Å²) in [6.45, 7) is 3.65. The Labute approximate surface area is 203 Å². The smallest absolute Gasteiger partial charge is 0.253 e. The van der Waals surface area contributed by atoms with Gasteiger partial charge < -0.3 is 15.0 Å². The molecule has 0 unspecified atom stereocenters. The lowest BCUT2D eigenvalue weighted by molar-refractivity contribution is 0.0337. The number of aromatic nitrogens is 2. The molecule has 1 saturated heterocycles. The highest BCUT2D eigenvalue weighted by Crippen LogP contribution is 2.43. The number of aromatic amines is 1. The molecule has 0 atom stereocenters. The SMILES string of the molecule is O=C1NC2(CCC2)Cc2[nH]c3c(c21)CCc1cnc(-c2ccc(CN4CCOCC4)c(F)c2)cc1-3. The molecule has 7 rings (SSSR count). The first kappa shape index (κ1) is 21.3. The van der Waals surface area contributed by atoms with E-state index in [4.69, 9.17) is 4.74 Å². The fourth-order valence-corrected chi connectivity index (χ4v) is 6.24. The number of nitrogens with zero attached hydrogens (tertiary/aromatic N) is 2. The van der Waals surface area contributed by atoms with Gasteiger partial charge in [-0.05, 0) is 55.4 Å². The van der Waals surface area contributed by atoms with Gasteiger partial charge in [0.1, 0.15) is 5.82 Å². The van der Waals surface area contributed by atoms with Crippen molar-refractivity contribution in [3.8, 4) is 22.5 Å². The summed E-state index contributed by atoms with van der Waals surface area (Å²) in [5.74, 6) is -0.133. The van der Waals surface area contributed by atoms with Crippen LogP contribution in [0.3, 0.4) is 0 Å². The molecule has 0 radical (unpaired) electrons. The van der Waals surface area contributed by atoms with Gasteiger partial charge in [-0.15, -0.1) is 0 Å². The maximum atomic E-state index is 15.0. The molecule has 1 aromatic carbocycles. The standard InChI is InChI=1S/C28H29FN4O2/c29-22-12-17(2-3-19(22)16-33-8-10-35-11-9-33)23-13-21-18(15-30-23)4-5-20-25-24(31-26(20)21)14-28(6-1-7-28)32-27(25)34/h2-3,12-13,15,31H,1,4-11,14,16H2,(H,32,34). The Kier molecular flexibility index (Phi) is 4.86. The van der Waals surface area contributed by atoms with E-state index in [1.165, 1.54) is 12.0 Å². The van der Waals surface area contributed by atoms with E-state index >= 15 is 4.39 Å². The van der Waals surface area contributed by atoms with Crippen LogP contribution in [-0.2, 0) is 30.5 Å². The predicted molar refractivity (Wildman–Crippen MR) is 131 cm³/mol. The number of halogens is 1. The Hall–Kier alpha value is -3.03. The number of benzene rings is 1. The van der Waals surface area contributed by atoms with Crippen LogP contribution in [-0.4, -0.2) is 52.6 Å². The average molecular weight is 473 g/mol. The van der Waals surface area contributed by atoms with Gasteiger partial charge in [-0.2, -0.15) is 0 Å². The number of ether oxygens (including phenoxy) is 1. The van der Waals surface area contributed by atoms with E-state index in [1.54, 1.807) is 6.07 Å². The third-order valence-corrected chi connectivity index (χ3v) is 8.36. The van der Waals surface area contributed by atoms with E-state index < -0.39 is 0 Å². The van der Waals surface area contributed by atoms with Crippen molar-refractivity contribution in [3.05, 3.63) is 64.2 Å². The molecule has 2 fully saturated rings. The highest BCUT2D eigenvalue weighted by Gasteiger charge is 2.45. The van der Waals surface area contributed by atoms with Gasteiger partial charge in [0.15, 0.2) is 0 Å². The molecular weight excluding hydrogens is 443 g/mol. The van der Waals surface area contributed by atoms with E-state index in [0.717, 1.165) is 84.5 Å². The van der Waals surface area contributed by atoms with E-state index in [2.05, 4.69) is 26.3 Å². The lowest BCUT2D eigenvalue weighted by Gasteiger charge is -2.45. The quantitative estimate of drug-likeness (QED) is 0.604. The molecule has 2 aliphatic carbocycles. The van der Waals surface area contributed by atoms with Crippen LogP contribution in [0.5, 0.6) is 0 Å². The Morgan fingerprint density at radius 2 is 2.00 bits per heavy atom. The summed E-state index contributed by atoms with van der Waals surface area (Å²) in [6.07, 6.45) is 7.77. The van der Waals surface area contributed by atoms with Crippen molar-refractivity contribution in [2.75, 3.05) is 26.3 Å². The number of amides is 1. The van der Waals surface area contributed by atoms with Crippen molar-refractivity contribution in [1.29, 1.82) is 0 Å². The van der Waals surface area contributed by atoms with E-state index in [9.17, 15) is 4.79 Å². The minimum absolute atomic E-state index is 0.0513. The Morgan fingerprint density at radius 1 is 1.14 bits per heavy atom.